The first kappa shape index (κ1) is 13.7. The smallest absolute Gasteiger partial charge is 0.227 e. The quantitative estimate of drug-likeness (QED) is 0.863. The molecular formula is C14H20N4O. The molecule has 2 aromatic rings. The molecule has 5 nitrogen and oxygen atoms in total. The molecule has 0 aliphatic heterocycles. The molecule has 5 heteroatoms. The normalized spacial score (nSPS) is 12.6. The number of pyridine rings is 1. The Morgan fingerprint density at radius 3 is 3.00 bits per heavy atom. The number of rotatable bonds is 6. The van der Waals surface area contributed by atoms with Gasteiger partial charge in [-0.05, 0) is 44.5 Å². The van der Waals surface area contributed by atoms with Crippen LogP contribution in [0, 0.1) is 6.92 Å². The van der Waals surface area contributed by atoms with E-state index in [4.69, 9.17) is 4.52 Å². The second kappa shape index (κ2) is 6.43. The molecule has 0 aliphatic carbocycles. The van der Waals surface area contributed by atoms with Crippen LogP contribution >= 0.6 is 0 Å². The van der Waals surface area contributed by atoms with Gasteiger partial charge in [0, 0.05) is 18.7 Å². The van der Waals surface area contributed by atoms with E-state index >= 15 is 0 Å². The Bertz CT molecular complexity index is 524. The average molecular weight is 260 g/mol. The molecule has 0 aliphatic rings. The first-order chi connectivity index (χ1) is 9.19. The third-order valence-electron chi connectivity index (χ3n) is 2.96. The van der Waals surface area contributed by atoms with E-state index in [0.29, 0.717) is 17.8 Å². The summed E-state index contributed by atoms with van der Waals surface area (Å²) in [5, 5.41) is 7.34. The third-order valence-corrected chi connectivity index (χ3v) is 2.96. The minimum atomic E-state index is 0.456. The summed E-state index contributed by atoms with van der Waals surface area (Å²) in [6, 6.07) is 4.36. The van der Waals surface area contributed by atoms with Crippen LogP contribution in [-0.2, 0) is 6.42 Å². The Balaban J connectivity index is 1.99. The zero-order valence-electron chi connectivity index (χ0n) is 11.7. The molecular weight excluding hydrogens is 240 g/mol. The zero-order valence-corrected chi connectivity index (χ0v) is 11.7. The minimum Gasteiger partial charge on any atom is -0.339 e. The zero-order chi connectivity index (χ0) is 13.7. The molecule has 0 saturated heterocycles. The van der Waals surface area contributed by atoms with Crippen molar-refractivity contribution in [2.45, 2.75) is 39.7 Å². The van der Waals surface area contributed by atoms with Gasteiger partial charge < -0.3 is 9.84 Å². The summed E-state index contributed by atoms with van der Waals surface area (Å²) in [5.41, 5.74) is 1.90. The van der Waals surface area contributed by atoms with Crippen molar-refractivity contribution < 1.29 is 4.52 Å². The third kappa shape index (κ3) is 3.86. The fraction of sp³-hybridized carbons (Fsp3) is 0.500. The van der Waals surface area contributed by atoms with Crippen molar-refractivity contribution >= 4 is 0 Å². The average Bonchev–Trinajstić information content (AvgIpc) is 2.85. The highest BCUT2D eigenvalue weighted by molar-refractivity contribution is 5.48. The number of nitrogens with one attached hydrogen (secondary N) is 1. The van der Waals surface area contributed by atoms with Crippen molar-refractivity contribution in [1.29, 1.82) is 0 Å². The molecule has 1 unspecified atom stereocenters. The van der Waals surface area contributed by atoms with Gasteiger partial charge in [0.05, 0.1) is 0 Å². The minimum absolute atomic E-state index is 0.456. The van der Waals surface area contributed by atoms with Crippen LogP contribution in [0.1, 0.15) is 31.7 Å². The summed E-state index contributed by atoms with van der Waals surface area (Å²) in [7, 11) is 0. The SMILES string of the molecule is CCNC(C)CCc1nc(-c2cc(C)ccn2)no1. The van der Waals surface area contributed by atoms with Gasteiger partial charge in [0.25, 0.3) is 0 Å². The van der Waals surface area contributed by atoms with Crippen LogP contribution in [0.25, 0.3) is 11.5 Å². The predicted molar refractivity (Wildman–Crippen MR) is 73.7 cm³/mol. The lowest BCUT2D eigenvalue weighted by molar-refractivity contribution is 0.368. The first-order valence-electron chi connectivity index (χ1n) is 6.68. The van der Waals surface area contributed by atoms with E-state index < -0.39 is 0 Å². The van der Waals surface area contributed by atoms with Crippen LogP contribution in [0.4, 0.5) is 0 Å². The highest BCUT2D eigenvalue weighted by Gasteiger charge is 2.11. The molecule has 0 amide bonds. The highest BCUT2D eigenvalue weighted by atomic mass is 16.5. The lowest BCUT2D eigenvalue weighted by Crippen LogP contribution is -2.25. The Hall–Kier alpha value is -1.75. The van der Waals surface area contributed by atoms with Gasteiger partial charge in [-0.3, -0.25) is 4.98 Å². The molecule has 0 saturated carbocycles. The Morgan fingerprint density at radius 1 is 1.42 bits per heavy atom. The summed E-state index contributed by atoms with van der Waals surface area (Å²) in [4.78, 5) is 8.64. The Labute approximate surface area is 113 Å². The van der Waals surface area contributed by atoms with E-state index in [-0.39, 0.29) is 0 Å². The van der Waals surface area contributed by atoms with Crippen LogP contribution in [0.3, 0.4) is 0 Å². The van der Waals surface area contributed by atoms with Gasteiger partial charge in [0.15, 0.2) is 0 Å². The first-order valence-corrected chi connectivity index (χ1v) is 6.68. The fourth-order valence-electron chi connectivity index (χ4n) is 1.91. The van der Waals surface area contributed by atoms with E-state index in [1.165, 1.54) is 0 Å². The topological polar surface area (TPSA) is 63.8 Å². The van der Waals surface area contributed by atoms with Gasteiger partial charge in [-0.1, -0.05) is 12.1 Å². The second-order valence-electron chi connectivity index (χ2n) is 4.73. The van der Waals surface area contributed by atoms with Crippen LogP contribution in [0.15, 0.2) is 22.9 Å². The lowest BCUT2D eigenvalue weighted by atomic mass is 10.2. The Morgan fingerprint density at radius 2 is 2.26 bits per heavy atom. The van der Waals surface area contributed by atoms with E-state index in [0.717, 1.165) is 30.6 Å². The summed E-state index contributed by atoms with van der Waals surface area (Å²) >= 11 is 0. The highest BCUT2D eigenvalue weighted by Crippen LogP contribution is 2.14. The van der Waals surface area contributed by atoms with E-state index in [9.17, 15) is 0 Å². The maximum Gasteiger partial charge on any atom is 0.227 e. The summed E-state index contributed by atoms with van der Waals surface area (Å²) in [6.45, 7) is 7.25. The second-order valence-corrected chi connectivity index (χ2v) is 4.73. The number of hydrogen-bond donors (Lipinski definition) is 1. The number of nitrogens with zero attached hydrogens (tertiary/aromatic N) is 3. The van der Waals surface area contributed by atoms with E-state index in [1.807, 2.05) is 19.1 Å². The van der Waals surface area contributed by atoms with Crippen LogP contribution < -0.4 is 5.32 Å². The van der Waals surface area contributed by atoms with Gasteiger partial charge in [-0.2, -0.15) is 4.98 Å². The van der Waals surface area contributed by atoms with Gasteiger partial charge in [-0.15, -0.1) is 0 Å². The van der Waals surface area contributed by atoms with Crippen molar-refractivity contribution in [3.63, 3.8) is 0 Å². The van der Waals surface area contributed by atoms with Crippen molar-refractivity contribution in [2.75, 3.05) is 6.54 Å². The van der Waals surface area contributed by atoms with Gasteiger partial charge in [0.1, 0.15) is 5.69 Å². The number of hydrogen-bond acceptors (Lipinski definition) is 5. The molecule has 102 valence electrons. The predicted octanol–water partition coefficient (Wildman–Crippen LogP) is 2.37. The molecule has 0 aromatic carbocycles. The van der Waals surface area contributed by atoms with Crippen molar-refractivity contribution in [3.8, 4) is 11.5 Å². The maximum atomic E-state index is 5.26. The van der Waals surface area contributed by atoms with Gasteiger partial charge in [0.2, 0.25) is 11.7 Å². The molecule has 1 atom stereocenters. The van der Waals surface area contributed by atoms with Crippen molar-refractivity contribution in [3.05, 3.63) is 29.8 Å². The summed E-state index contributed by atoms with van der Waals surface area (Å²) in [5.74, 6) is 1.23. The summed E-state index contributed by atoms with van der Waals surface area (Å²) < 4.78 is 5.26. The van der Waals surface area contributed by atoms with Crippen LogP contribution in [0.5, 0.6) is 0 Å². The molecule has 2 rings (SSSR count). The molecule has 2 aromatic heterocycles. The standard InChI is InChI=1S/C14H20N4O/c1-4-15-11(3)5-6-13-17-14(18-19-13)12-9-10(2)7-8-16-12/h7-9,11,15H,4-6H2,1-3H3. The largest absolute Gasteiger partial charge is 0.339 e. The molecule has 0 bridgehead atoms. The van der Waals surface area contributed by atoms with Gasteiger partial charge in [-0.25, -0.2) is 0 Å². The molecule has 0 radical (unpaired) electrons. The monoisotopic (exact) mass is 260 g/mol. The van der Waals surface area contributed by atoms with Crippen molar-refractivity contribution in [1.82, 2.24) is 20.4 Å². The molecule has 2 heterocycles. The van der Waals surface area contributed by atoms with Crippen LogP contribution in [-0.4, -0.2) is 27.7 Å². The molecule has 0 spiro atoms. The fourth-order valence-corrected chi connectivity index (χ4v) is 1.91. The lowest BCUT2D eigenvalue weighted by Gasteiger charge is -2.09. The van der Waals surface area contributed by atoms with Gasteiger partial charge >= 0.3 is 0 Å². The summed E-state index contributed by atoms with van der Waals surface area (Å²) in [6.07, 6.45) is 3.53. The molecule has 0 fully saturated rings. The number of aryl methyl sites for hydroxylation is 2. The number of aromatic nitrogens is 3. The van der Waals surface area contributed by atoms with Crippen molar-refractivity contribution in [2.24, 2.45) is 0 Å². The molecule has 19 heavy (non-hydrogen) atoms. The Kier molecular flexibility index (Phi) is 4.63. The van der Waals surface area contributed by atoms with E-state index in [2.05, 4.69) is 34.3 Å². The maximum absolute atomic E-state index is 5.26. The van der Waals surface area contributed by atoms with Crippen LogP contribution in [0.2, 0.25) is 0 Å². The molecule has 1 N–H and O–H groups in total. The van der Waals surface area contributed by atoms with E-state index in [1.54, 1.807) is 6.20 Å².